The van der Waals surface area contributed by atoms with E-state index in [-0.39, 0.29) is 27.9 Å². The average Bonchev–Trinajstić information content (AvgIpc) is 3.05. The van der Waals surface area contributed by atoms with Crippen LogP contribution < -0.4 is 16.7 Å². The van der Waals surface area contributed by atoms with Gasteiger partial charge in [-0.3, -0.25) is 20.4 Å². The highest BCUT2D eigenvalue weighted by Crippen LogP contribution is 2.23. The highest BCUT2D eigenvalue weighted by Gasteiger charge is 2.16. The standard InChI is InChI=1S/C17H14F2N6O2S/c18-11-7-5-10(6-8-11)16(27)23-21-14(26)9-28-17-24-22-15(25(17)20)12-3-1-2-4-13(12)19/h1-8H,9,20H2,(H,21,26)(H,23,27). The van der Waals surface area contributed by atoms with Gasteiger partial charge < -0.3 is 5.84 Å². The number of nitrogens with zero attached hydrogens (tertiary/aromatic N) is 3. The van der Waals surface area contributed by atoms with Gasteiger partial charge in [-0.2, -0.15) is 0 Å². The minimum atomic E-state index is -0.595. The number of hydrazine groups is 1. The van der Waals surface area contributed by atoms with Crippen LogP contribution in [0.15, 0.2) is 53.7 Å². The Bertz CT molecular complexity index is 1010. The van der Waals surface area contributed by atoms with Gasteiger partial charge in [-0.05, 0) is 36.4 Å². The van der Waals surface area contributed by atoms with Gasteiger partial charge in [0.15, 0.2) is 5.82 Å². The Morgan fingerprint density at radius 1 is 1.04 bits per heavy atom. The van der Waals surface area contributed by atoms with E-state index in [1.807, 2.05) is 0 Å². The number of hydrogen-bond acceptors (Lipinski definition) is 6. The number of hydrogen-bond donors (Lipinski definition) is 3. The van der Waals surface area contributed by atoms with E-state index in [9.17, 15) is 18.4 Å². The lowest BCUT2D eigenvalue weighted by atomic mass is 10.2. The van der Waals surface area contributed by atoms with Gasteiger partial charge >= 0.3 is 0 Å². The normalized spacial score (nSPS) is 10.5. The second-order valence-corrected chi connectivity index (χ2v) is 6.40. The SMILES string of the molecule is Nn1c(SCC(=O)NNC(=O)c2ccc(F)cc2)nnc1-c1ccccc1F. The van der Waals surface area contributed by atoms with E-state index in [2.05, 4.69) is 21.0 Å². The Morgan fingerprint density at radius 2 is 1.75 bits per heavy atom. The fourth-order valence-electron chi connectivity index (χ4n) is 2.17. The molecule has 0 fully saturated rings. The Kier molecular flexibility index (Phi) is 5.84. The maximum atomic E-state index is 13.8. The maximum absolute atomic E-state index is 13.8. The van der Waals surface area contributed by atoms with Crippen molar-refractivity contribution in [1.29, 1.82) is 0 Å². The minimum absolute atomic E-state index is 0.116. The molecule has 0 saturated heterocycles. The fourth-order valence-corrected chi connectivity index (χ4v) is 2.82. The summed E-state index contributed by atoms with van der Waals surface area (Å²) in [4.78, 5) is 23.7. The highest BCUT2D eigenvalue weighted by molar-refractivity contribution is 7.99. The first-order valence-corrected chi connectivity index (χ1v) is 8.87. The molecular formula is C17H14F2N6O2S. The van der Waals surface area contributed by atoms with Crippen molar-refractivity contribution in [3.63, 3.8) is 0 Å². The van der Waals surface area contributed by atoms with E-state index in [4.69, 9.17) is 5.84 Å². The van der Waals surface area contributed by atoms with Crippen LogP contribution in [0, 0.1) is 11.6 Å². The number of thioether (sulfide) groups is 1. The molecule has 28 heavy (non-hydrogen) atoms. The summed E-state index contributed by atoms with van der Waals surface area (Å²) in [5.74, 6) is 3.76. The van der Waals surface area contributed by atoms with Crippen LogP contribution in [0.25, 0.3) is 11.4 Å². The number of nitrogens with one attached hydrogen (secondary N) is 2. The zero-order valence-corrected chi connectivity index (χ0v) is 15.0. The monoisotopic (exact) mass is 404 g/mol. The third kappa shape index (κ3) is 4.43. The summed E-state index contributed by atoms with van der Waals surface area (Å²) in [7, 11) is 0. The molecule has 2 amide bonds. The van der Waals surface area contributed by atoms with E-state index in [0.29, 0.717) is 0 Å². The zero-order valence-electron chi connectivity index (χ0n) is 14.2. The average molecular weight is 404 g/mol. The van der Waals surface area contributed by atoms with E-state index in [1.165, 1.54) is 30.3 Å². The lowest BCUT2D eigenvalue weighted by Crippen LogP contribution is -2.42. The van der Waals surface area contributed by atoms with Gasteiger partial charge in [0, 0.05) is 5.56 Å². The van der Waals surface area contributed by atoms with Crippen molar-refractivity contribution in [2.75, 3.05) is 11.6 Å². The molecule has 0 aliphatic heterocycles. The topological polar surface area (TPSA) is 115 Å². The van der Waals surface area contributed by atoms with Crippen molar-refractivity contribution in [2.24, 2.45) is 0 Å². The molecule has 4 N–H and O–H groups in total. The van der Waals surface area contributed by atoms with E-state index in [1.54, 1.807) is 6.07 Å². The van der Waals surface area contributed by atoms with Gasteiger partial charge in [0.25, 0.3) is 5.91 Å². The Hall–Kier alpha value is -3.47. The van der Waals surface area contributed by atoms with Gasteiger partial charge in [0.1, 0.15) is 11.6 Å². The molecule has 144 valence electrons. The molecule has 11 heteroatoms. The van der Waals surface area contributed by atoms with Gasteiger partial charge in [-0.1, -0.05) is 23.9 Å². The van der Waals surface area contributed by atoms with Crippen LogP contribution in [0.1, 0.15) is 10.4 Å². The van der Waals surface area contributed by atoms with Crippen molar-refractivity contribution in [3.05, 3.63) is 65.7 Å². The summed E-state index contributed by atoms with van der Waals surface area (Å²) in [5.41, 5.74) is 4.80. The van der Waals surface area contributed by atoms with Crippen molar-refractivity contribution >= 4 is 23.6 Å². The summed E-state index contributed by atoms with van der Waals surface area (Å²) in [5, 5.41) is 7.87. The van der Waals surface area contributed by atoms with E-state index >= 15 is 0 Å². The number of rotatable bonds is 5. The summed E-state index contributed by atoms with van der Waals surface area (Å²) < 4.78 is 27.8. The third-order valence-corrected chi connectivity index (χ3v) is 4.48. The quantitative estimate of drug-likeness (QED) is 0.337. The van der Waals surface area contributed by atoms with E-state index in [0.717, 1.165) is 28.6 Å². The highest BCUT2D eigenvalue weighted by atomic mass is 32.2. The number of aromatic nitrogens is 3. The lowest BCUT2D eigenvalue weighted by molar-refractivity contribution is -0.119. The molecule has 0 spiro atoms. The van der Waals surface area contributed by atoms with Crippen LogP contribution in [0.4, 0.5) is 8.78 Å². The first kappa shape index (κ1) is 19.3. The largest absolute Gasteiger partial charge is 0.335 e. The molecular weight excluding hydrogens is 390 g/mol. The van der Waals surface area contributed by atoms with Gasteiger partial charge in [-0.15, -0.1) is 10.2 Å². The van der Waals surface area contributed by atoms with Crippen molar-refractivity contribution in [3.8, 4) is 11.4 Å². The molecule has 8 nitrogen and oxygen atoms in total. The third-order valence-electron chi connectivity index (χ3n) is 3.53. The summed E-state index contributed by atoms with van der Waals surface area (Å²) in [6, 6.07) is 10.8. The second kappa shape index (κ2) is 8.48. The molecule has 0 saturated carbocycles. The van der Waals surface area contributed by atoms with E-state index < -0.39 is 23.4 Å². The van der Waals surface area contributed by atoms with Crippen molar-refractivity contribution < 1.29 is 18.4 Å². The smallest absolute Gasteiger partial charge is 0.269 e. The number of carbonyl (C=O) groups excluding carboxylic acids is 2. The van der Waals surface area contributed by atoms with Crippen LogP contribution in [-0.4, -0.2) is 32.4 Å². The van der Waals surface area contributed by atoms with Crippen LogP contribution in [0.3, 0.4) is 0 Å². The summed E-state index contributed by atoms with van der Waals surface area (Å²) >= 11 is 0.955. The molecule has 0 atom stereocenters. The van der Waals surface area contributed by atoms with Gasteiger partial charge in [-0.25, -0.2) is 13.5 Å². The second-order valence-electron chi connectivity index (χ2n) is 5.45. The molecule has 1 aromatic heterocycles. The molecule has 0 unspecified atom stereocenters. The van der Waals surface area contributed by atoms with Crippen molar-refractivity contribution in [2.45, 2.75) is 5.16 Å². The summed E-state index contributed by atoms with van der Waals surface area (Å²) in [6.07, 6.45) is 0. The number of nitrogens with two attached hydrogens (primary N) is 1. The first-order chi connectivity index (χ1) is 13.5. The number of amides is 2. The first-order valence-electron chi connectivity index (χ1n) is 7.88. The van der Waals surface area contributed by atoms with Gasteiger partial charge in [0.2, 0.25) is 11.1 Å². The minimum Gasteiger partial charge on any atom is -0.335 e. The van der Waals surface area contributed by atoms with Gasteiger partial charge in [0.05, 0.1) is 11.3 Å². The molecule has 1 heterocycles. The molecule has 0 radical (unpaired) electrons. The lowest BCUT2D eigenvalue weighted by Gasteiger charge is -2.07. The van der Waals surface area contributed by atoms with Crippen LogP contribution >= 0.6 is 11.8 Å². The molecule has 0 aliphatic carbocycles. The number of halogens is 2. The number of carbonyl (C=O) groups is 2. The van der Waals surface area contributed by atoms with Crippen molar-refractivity contribution in [1.82, 2.24) is 25.7 Å². The molecule has 0 bridgehead atoms. The summed E-state index contributed by atoms with van der Waals surface area (Å²) in [6.45, 7) is 0. The molecule has 0 aliphatic rings. The predicted molar refractivity (Wildman–Crippen MR) is 98.3 cm³/mol. The fraction of sp³-hybridized carbons (Fsp3) is 0.0588. The predicted octanol–water partition coefficient (Wildman–Crippen LogP) is 1.49. The Balaban J connectivity index is 1.54. The van der Waals surface area contributed by atoms with Crippen LogP contribution in [-0.2, 0) is 4.79 Å². The molecule has 3 aromatic rings. The Labute approximate surface area is 162 Å². The molecule has 2 aromatic carbocycles. The zero-order chi connectivity index (χ0) is 20.1. The van der Waals surface area contributed by atoms with Crippen LogP contribution in [0.5, 0.6) is 0 Å². The molecule has 3 rings (SSSR count). The number of nitrogen functional groups attached to an aromatic ring is 1. The number of benzene rings is 2. The maximum Gasteiger partial charge on any atom is 0.269 e. The van der Waals surface area contributed by atoms with Crippen LogP contribution in [0.2, 0.25) is 0 Å². The Morgan fingerprint density at radius 3 is 2.46 bits per heavy atom.